The first-order valence-electron chi connectivity index (χ1n) is 5.52. The van der Waals surface area contributed by atoms with E-state index < -0.39 is 0 Å². The van der Waals surface area contributed by atoms with Gasteiger partial charge in [-0.05, 0) is 30.7 Å². The fourth-order valence-electron chi connectivity index (χ4n) is 1.56. The van der Waals surface area contributed by atoms with Crippen LogP contribution in [0, 0.1) is 0 Å². The van der Waals surface area contributed by atoms with Crippen LogP contribution < -0.4 is 0 Å². The van der Waals surface area contributed by atoms with Crippen molar-refractivity contribution in [3.05, 3.63) is 22.4 Å². The number of unbranched alkanes of at least 4 members (excludes halogenated alkanes) is 5. The van der Waals surface area contributed by atoms with Crippen molar-refractivity contribution in [2.45, 2.75) is 44.9 Å². The van der Waals surface area contributed by atoms with Gasteiger partial charge in [-0.1, -0.05) is 47.7 Å². The molecule has 0 aliphatic carbocycles. The second-order valence-corrected chi connectivity index (χ2v) is 5.46. The Labute approximate surface area is 125 Å². The molecule has 0 radical (unpaired) electrons. The summed E-state index contributed by atoms with van der Waals surface area (Å²) in [6, 6.07) is 4.39. The molecule has 0 atom stereocenters. The molecule has 0 saturated heterocycles. The van der Waals surface area contributed by atoms with Crippen molar-refractivity contribution in [3.63, 3.8) is 0 Å². The topological polar surface area (TPSA) is 0 Å². The summed E-state index contributed by atoms with van der Waals surface area (Å²) in [5, 5.41) is 3.34. The van der Waals surface area contributed by atoms with Gasteiger partial charge in [-0.15, -0.1) is 11.3 Å². The largest absolute Gasteiger partial charge is 2.00 e. The van der Waals surface area contributed by atoms with Crippen molar-refractivity contribution < 1.29 is 2.85 Å². The third-order valence-corrected chi connectivity index (χ3v) is 3.88. The standard InChI is InChI=1S/C12H19BrS.Mg.2H/c13-10-6-4-2-1-3-5-8-12-9-7-11-14-12;;;/h7,9,11H,1-6,8,10H2;;;/q;+2;2*-1. The number of alkyl halides is 1. The van der Waals surface area contributed by atoms with E-state index in [1.807, 2.05) is 11.3 Å². The molecule has 0 bridgehead atoms. The Kier molecular flexibility index (Phi) is 12.2. The maximum Gasteiger partial charge on any atom is 2.00 e. The van der Waals surface area contributed by atoms with Crippen molar-refractivity contribution in [1.29, 1.82) is 0 Å². The van der Waals surface area contributed by atoms with Crippen LogP contribution in [-0.2, 0) is 6.42 Å². The average Bonchev–Trinajstić information content (AvgIpc) is 2.69. The first kappa shape index (κ1) is 15.9. The zero-order valence-corrected chi connectivity index (χ0v) is 13.2. The van der Waals surface area contributed by atoms with E-state index >= 15 is 0 Å². The minimum atomic E-state index is 0. The molecule has 1 rings (SSSR count). The van der Waals surface area contributed by atoms with Crippen LogP contribution >= 0.6 is 27.3 Å². The monoisotopic (exact) mass is 300 g/mol. The van der Waals surface area contributed by atoms with Gasteiger partial charge in [0.1, 0.15) is 0 Å². The first-order valence-corrected chi connectivity index (χ1v) is 7.52. The fourth-order valence-corrected chi connectivity index (χ4v) is 2.70. The Bertz CT molecular complexity index is 220. The van der Waals surface area contributed by atoms with Gasteiger partial charge in [0.15, 0.2) is 0 Å². The van der Waals surface area contributed by atoms with E-state index in [2.05, 4.69) is 33.4 Å². The number of thiophene rings is 1. The van der Waals surface area contributed by atoms with Crippen molar-refractivity contribution >= 4 is 50.3 Å². The van der Waals surface area contributed by atoms with E-state index in [1.165, 1.54) is 50.3 Å². The minimum Gasteiger partial charge on any atom is -1.00 e. The van der Waals surface area contributed by atoms with Gasteiger partial charge >= 0.3 is 23.1 Å². The van der Waals surface area contributed by atoms with Crippen LogP contribution in [0.3, 0.4) is 0 Å². The molecule has 0 amide bonds. The molecule has 0 aliphatic heterocycles. The Hall–Kier alpha value is 0.946. The fraction of sp³-hybridized carbons (Fsp3) is 0.667. The van der Waals surface area contributed by atoms with Crippen LogP contribution in [0.15, 0.2) is 17.5 Å². The minimum absolute atomic E-state index is 0. The SMILES string of the molecule is BrCCCCCCCCc1cccs1.[H-].[H-].[Mg+2]. The molecule has 0 N–H and O–H groups in total. The second kappa shape index (κ2) is 11.4. The molecule has 0 aliphatic rings. The molecule has 0 fully saturated rings. The second-order valence-electron chi connectivity index (χ2n) is 3.64. The zero-order chi connectivity index (χ0) is 10.1. The molecule has 1 heterocycles. The Balaban J connectivity index is -0.000000653. The van der Waals surface area contributed by atoms with Crippen molar-refractivity contribution in [2.75, 3.05) is 5.33 Å². The number of rotatable bonds is 8. The molecule has 0 spiro atoms. The molecule has 0 saturated carbocycles. The zero-order valence-electron chi connectivity index (χ0n) is 11.4. The molecule has 0 aromatic carbocycles. The summed E-state index contributed by atoms with van der Waals surface area (Å²) in [6.45, 7) is 0. The Morgan fingerprint density at radius 2 is 1.73 bits per heavy atom. The smallest absolute Gasteiger partial charge is 1.00 e. The van der Waals surface area contributed by atoms with E-state index in [4.69, 9.17) is 0 Å². The van der Waals surface area contributed by atoms with Crippen molar-refractivity contribution in [1.82, 2.24) is 0 Å². The van der Waals surface area contributed by atoms with Gasteiger partial charge in [-0.3, -0.25) is 0 Å². The number of hydrogen-bond donors (Lipinski definition) is 0. The Morgan fingerprint density at radius 1 is 1.07 bits per heavy atom. The van der Waals surface area contributed by atoms with Gasteiger partial charge in [-0.2, -0.15) is 0 Å². The first-order chi connectivity index (χ1) is 6.93. The molecule has 0 unspecified atom stereocenters. The summed E-state index contributed by atoms with van der Waals surface area (Å²) >= 11 is 5.35. The van der Waals surface area contributed by atoms with Crippen LogP contribution in [0.4, 0.5) is 0 Å². The summed E-state index contributed by atoms with van der Waals surface area (Å²) in [5.41, 5.74) is 0. The third kappa shape index (κ3) is 8.72. The van der Waals surface area contributed by atoms with Crippen LogP contribution in [-0.4, -0.2) is 28.4 Å². The molecule has 0 nitrogen and oxygen atoms in total. The van der Waals surface area contributed by atoms with Gasteiger partial charge in [0, 0.05) is 10.2 Å². The molecule has 1 aromatic rings. The maximum atomic E-state index is 3.46. The average molecular weight is 302 g/mol. The van der Waals surface area contributed by atoms with Gasteiger partial charge in [0.05, 0.1) is 0 Å². The predicted molar refractivity (Wildman–Crippen MR) is 77.5 cm³/mol. The normalized spacial score (nSPS) is 9.93. The van der Waals surface area contributed by atoms with Gasteiger partial charge < -0.3 is 2.85 Å². The van der Waals surface area contributed by atoms with Crippen molar-refractivity contribution in [2.24, 2.45) is 0 Å². The van der Waals surface area contributed by atoms with Gasteiger partial charge in [0.2, 0.25) is 0 Å². The van der Waals surface area contributed by atoms with E-state index in [9.17, 15) is 0 Å². The van der Waals surface area contributed by atoms with E-state index in [1.54, 1.807) is 4.88 Å². The molecular weight excluding hydrogens is 280 g/mol. The van der Waals surface area contributed by atoms with E-state index in [0.717, 1.165) is 0 Å². The van der Waals surface area contributed by atoms with Crippen LogP contribution in [0.2, 0.25) is 0 Å². The van der Waals surface area contributed by atoms with Crippen molar-refractivity contribution in [3.8, 4) is 0 Å². The third-order valence-electron chi connectivity index (χ3n) is 2.39. The predicted octanol–water partition coefficient (Wildman–Crippen LogP) is 4.87. The number of aryl methyl sites for hydroxylation is 1. The summed E-state index contributed by atoms with van der Waals surface area (Å²) < 4.78 is 0. The quantitative estimate of drug-likeness (QED) is 0.365. The van der Waals surface area contributed by atoms with Crippen LogP contribution in [0.25, 0.3) is 0 Å². The number of halogens is 1. The molecule has 15 heavy (non-hydrogen) atoms. The van der Waals surface area contributed by atoms with E-state index in [0.29, 0.717) is 0 Å². The Morgan fingerprint density at radius 3 is 2.33 bits per heavy atom. The van der Waals surface area contributed by atoms with Gasteiger partial charge in [-0.25, -0.2) is 0 Å². The summed E-state index contributed by atoms with van der Waals surface area (Å²) in [5.74, 6) is 0. The molecule has 3 heteroatoms. The molecule has 84 valence electrons. The van der Waals surface area contributed by atoms with E-state index in [-0.39, 0.29) is 25.9 Å². The summed E-state index contributed by atoms with van der Waals surface area (Å²) in [6.07, 6.45) is 9.62. The number of hydrogen-bond acceptors (Lipinski definition) is 1. The molecule has 1 aromatic heterocycles. The van der Waals surface area contributed by atoms with Gasteiger partial charge in [0.25, 0.3) is 0 Å². The maximum absolute atomic E-state index is 3.46. The summed E-state index contributed by atoms with van der Waals surface area (Å²) in [7, 11) is 0. The van der Waals surface area contributed by atoms with Crippen LogP contribution in [0.5, 0.6) is 0 Å². The molecular formula is C12H21BrMgS. The van der Waals surface area contributed by atoms with Crippen LogP contribution in [0.1, 0.15) is 46.3 Å². The summed E-state index contributed by atoms with van der Waals surface area (Å²) in [4.78, 5) is 1.55.